The maximum absolute atomic E-state index is 13.1. The van der Waals surface area contributed by atoms with Crippen molar-refractivity contribution >= 4 is 16.1 Å². The number of piperazine rings is 1. The Kier molecular flexibility index (Phi) is 4.03. The summed E-state index contributed by atoms with van der Waals surface area (Å²) in [5.41, 5.74) is 2.32. The largest absolute Gasteiger partial charge is 0.298 e. The molecule has 1 unspecified atom stereocenters. The molecule has 4 rings (SSSR count). The van der Waals surface area contributed by atoms with Gasteiger partial charge in [-0.25, -0.2) is 8.42 Å². The Morgan fingerprint density at radius 3 is 2.78 bits per heavy atom. The van der Waals surface area contributed by atoms with E-state index < -0.39 is 10.0 Å². The van der Waals surface area contributed by atoms with Gasteiger partial charge >= 0.3 is 0 Å². The van der Waals surface area contributed by atoms with Gasteiger partial charge < -0.3 is 0 Å². The fraction of sp³-hybridized carbons (Fsp3) is 0.556. The molecule has 3 aliphatic rings. The lowest BCUT2D eigenvalue weighted by Gasteiger charge is -2.43. The Morgan fingerprint density at radius 1 is 1.00 bits per heavy atom. The molecular formula is C18H24N2O2S. The zero-order chi connectivity index (χ0) is 15.9. The third-order valence-electron chi connectivity index (χ3n) is 5.48. The second kappa shape index (κ2) is 6.04. The highest BCUT2D eigenvalue weighted by Crippen LogP contribution is 2.31. The van der Waals surface area contributed by atoms with Crippen molar-refractivity contribution in [1.82, 2.24) is 9.21 Å². The zero-order valence-corrected chi connectivity index (χ0v) is 14.3. The number of aryl methyl sites for hydroxylation is 1. The van der Waals surface area contributed by atoms with E-state index >= 15 is 0 Å². The predicted molar refractivity (Wildman–Crippen MR) is 92.4 cm³/mol. The van der Waals surface area contributed by atoms with E-state index in [1.807, 2.05) is 24.3 Å². The number of nitrogens with zero attached hydrogens (tertiary/aromatic N) is 2. The topological polar surface area (TPSA) is 40.6 Å². The molecule has 0 spiro atoms. The molecule has 1 aromatic rings. The molecule has 5 heteroatoms. The van der Waals surface area contributed by atoms with Crippen LogP contribution < -0.4 is 0 Å². The van der Waals surface area contributed by atoms with Crippen molar-refractivity contribution in [2.75, 3.05) is 26.2 Å². The number of hydrogen-bond donors (Lipinski definition) is 0. The first-order chi connectivity index (χ1) is 11.1. The van der Waals surface area contributed by atoms with E-state index in [1.54, 1.807) is 4.31 Å². The van der Waals surface area contributed by atoms with Crippen LogP contribution in [0.1, 0.15) is 36.8 Å². The summed E-state index contributed by atoms with van der Waals surface area (Å²) in [6.07, 6.45) is 6.96. The van der Waals surface area contributed by atoms with Gasteiger partial charge in [-0.3, -0.25) is 4.90 Å². The summed E-state index contributed by atoms with van der Waals surface area (Å²) in [6, 6.07) is 8.53. The van der Waals surface area contributed by atoms with Crippen molar-refractivity contribution in [1.29, 1.82) is 0 Å². The van der Waals surface area contributed by atoms with Gasteiger partial charge in [-0.1, -0.05) is 30.7 Å². The van der Waals surface area contributed by atoms with E-state index in [0.29, 0.717) is 30.5 Å². The fourth-order valence-electron chi connectivity index (χ4n) is 4.12. The summed E-state index contributed by atoms with van der Waals surface area (Å²) in [5, 5.41) is 0. The van der Waals surface area contributed by atoms with Gasteiger partial charge in [0.15, 0.2) is 0 Å². The van der Waals surface area contributed by atoms with Gasteiger partial charge in [0.2, 0.25) is 10.0 Å². The number of piperidine rings is 1. The highest BCUT2D eigenvalue weighted by atomic mass is 32.2. The lowest BCUT2D eigenvalue weighted by atomic mass is 9.98. The van der Waals surface area contributed by atoms with Crippen LogP contribution in [0.3, 0.4) is 0 Å². The van der Waals surface area contributed by atoms with Crippen molar-refractivity contribution < 1.29 is 8.42 Å². The number of fused-ring (bicyclic) bond motifs is 2. The summed E-state index contributed by atoms with van der Waals surface area (Å²) >= 11 is 0. The first-order valence-electron chi connectivity index (χ1n) is 8.67. The molecule has 2 aliphatic heterocycles. The number of sulfonamides is 1. The van der Waals surface area contributed by atoms with Crippen LogP contribution in [0, 0.1) is 0 Å². The van der Waals surface area contributed by atoms with E-state index in [-0.39, 0.29) is 0 Å². The van der Waals surface area contributed by atoms with Crippen LogP contribution in [0.5, 0.6) is 0 Å². The smallest absolute Gasteiger partial charge is 0.239 e. The molecule has 0 N–H and O–H groups in total. The van der Waals surface area contributed by atoms with Gasteiger partial charge in [-0.2, -0.15) is 4.31 Å². The Balaban J connectivity index is 1.58. The molecule has 2 heterocycles. The van der Waals surface area contributed by atoms with E-state index in [9.17, 15) is 8.42 Å². The maximum Gasteiger partial charge on any atom is 0.239 e. The molecular weight excluding hydrogens is 308 g/mol. The molecule has 0 bridgehead atoms. The van der Waals surface area contributed by atoms with Crippen LogP contribution in [0.2, 0.25) is 0 Å². The Morgan fingerprint density at radius 2 is 1.87 bits per heavy atom. The van der Waals surface area contributed by atoms with E-state index in [4.69, 9.17) is 0 Å². The number of allylic oxidation sites excluding steroid dienone is 1. The van der Waals surface area contributed by atoms with Crippen LogP contribution in [-0.2, 0) is 16.4 Å². The zero-order valence-electron chi connectivity index (χ0n) is 13.4. The second-order valence-electron chi connectivity index (χ2n) is 6.86. The number of benzene rings is 1. The third-order valence-corrected chi connectivity index (χ3v) is 7.48. The van der Waals surface area contributed by atoms with Gasteiger partial charge in [0.05, 0.1) is 4.91 Å². The lowest BCUT2D eigenvalue weighted by Crippen LogP contribution is -2.56. The molecule has 23 heavy (non-hydrogen) atoms. The third kappa shape index (κ3) is 2.86. The molecule has 0 amide bonds. The SMILES string of the molecule is O=S(=O)(C1=Cc2ccccc2CC1)N1CCN2CCCCC2C1. The molecule has 1 atom stereocenters. The summed E-state index contributed by atoms with van der Waals surface area (Å²) in [6.45, 7) is 3.32. The fourth-order valence-corrected chi connectivity index (χ4v) is 5.78. The van der Waals surface area contributed by atoms with Crippen molar-refractivity contribution in [3.05, 3.63) is 40.3 Å². The number of rotatable bonds is 2. The first kappa shape index (κ1) is 15.4. The quantitative estimate of drug-likeness (QED) is 0.835. The molecule has 0 aromatic heterocycles. The predicted octanol–water partition coefficient (Wildman–Crippen LogP) is 2.47. The molecule has 2 saturated heterocycles. The lowest BCUT2D eigenvalue weighted by molar-refractivity contribution is 0.0855. The summed E-state index contributed by atoms with van der Waals surface area (Å²) in [7, 11) is -3.31. The Bertz CT molecular complexity index is 726. The first-order valence-corrected chi connectivity index (χ1v) is 10.1. The van der Waals surface area contributed by atoms with Crippen molar-refractivity contribution in [2.24, 2.45) is 0 Å². The molecule has 0 saturated carbocycles. The highest BCUT2D eigenvalue weighted by molar-refractivity contribution is 7.93. The molecule has 2 fully saturated rings. The van der Waals surface area contributed by atoms with Gasteiger partial charge in [0, 0.05) is 25.7 Å². The molecule has 4 nitrogen and oxygen atoms in total. The monoisotopic (exact) mass is 332 g/mol. The maximum atomic E-state index is 13.1. The summed E-state index contributed by atoms with van der Waals surface area (Å²) in [5.74, 6) is 0. The standard InChI is InChI=1S/C18H24N2O2S/c21-23(22,18-9-8-15-5-1-2-6-16(15)13-18)20-12-11-19-10-4-3-7-17(19)14-20/h1-2,5-6,13,17H,3-4,7-12,14H2. The average molecular weight is 332 g/mol. The average Bonchev–Trinajstić information content (AvgIpc) is 2.61. The summed E-state index contributed by atoms with van der Waals surface area (Å²) in [4.78, 5) is 3.07. The van der Waals surface area contributed by atoms with Gasteiger partial charge in [-0.15, -0.1) is 0 Å². The van der Waals surface area contributed by atoms with Crippen molar-refractivity contribution in [2.45, 2.75) is 38.1 Å². The minimum Gasteiger partial charge on any atom is -0.298 e. The van der Waals surface area contributed by atoms with Gasteiger partial charge in [-0.05, 0) is 49.4 Å². The van der Waals surface area contributed by atoms with Crippen LogP contribution in [0.15, 0.2) is 29.2 Å². The molecule has 0 radical (unpaired) electrons. The minimum absolute atomic E-state index is 0.420. The second-order valence-corrected chi connectivity index (χ2v) is 8.85. The summed E-state index contributed by atoms with van der Waals surface area (Å²) < 4.78 is 27.9. The van der Waals surface area contributed by atoms with Crippen LogP contribution >= 0.6 is 0 Å². The van der Waals surface area contributed by atoms with Gasteiger partial charge in [0.1, 0.15) is 0 Å². The van der Waals surface area contributed by atoms with Gasteiger partial charge in [0.25, 0.3) is 0 Å². The molecule has 124 valence electrons. The number of hydrogen-bond acceptors (Lipinski definition) is 3. The van der Waals surface area contributed by atoms with Crippen LogP contribution in [0.25, 0.3) is 6.08 Å². The van der Waals surface area contributed by atoms with Crippen molar-refractivity contribution in [3.8, 4) is 0 Å². The highest BCUT2D eigenvalue weighted by Gasteiger charge is 2.36. The van der Waals surface area contributed by atoms with Crippen LogP contribution in [0.4, 0.5) is 0 Å². The van der Waals surface area contributed by atoms with E-state index in [0.717, 1.165) is 31.5 Å². The van der Waals surface area contributed by atoms with E-state index in [2.05, 4.69) is 11.0 Å². The molecule has 1 aliphatic carbocycles. The minimum atomic E-state index is -3.31. The van der Waals surface area contributed by atoms with Crippen molar-refractivity contribution in [3.63, 3.8) is 0 Å². The van der Waals surface area contributed by atoms with Crippen LogP contribution in [-0.4, -0.2) is 49.8 Å². The Hall–Kier alpha value is -1.17. The normalized spacial score (nSPS) is 26.3. The van der Waals surface area contributed by atoms with E-state index in [1.165, 1.54) is 18.4 Å². The molecule has 1 aromatic carbocycles. The Labute approximate surface area is 138 Å².